The molecular weight excluding hydrogens is 340 g/mol. The molecule has 0 radical (unpaired) electrons. The summed E-state index contributed by atoms with van der Waals surface area (Å²) in [6.45, 7) is 4.09. The van der Waals surface area contributed by atoms with Gasteiger partial charge >= 0.3 is 0 Å². The number of carbonyl (C=O) groups excluding carboxylic acids is 2. The Balaban J connectivity index is 1.26. The summed E-state index contributed by atoms with van der Waals surface area (Å²) in [6.07, 6.45) is 7.73. The van der Waals surface area contributed by atoms with Crippen molar-refractivity contribution in [2.45, 2.75) is 44.9 Å². The first-order chi connectivity index (χ1) is 13.2. The van der Waals surface area contributed by atoms with Gasteiger partial charge in [0.05, 0.1) is 6.61 Å². The van der Waals surface area contributed by atoms with Gasteiger partial charge in [-0.1, -0.05) is 6.42 Å². The maximum Gasteiger partial charge on any atom is 0.253 e. The number of rotatable bonds is 5. The van der Waals surface area contributed by atoms with Crippen LogP contribution in [0.4, 0.5) is 0 Å². The first-order valence-corrected chi connectivity index (χ1v) is 10.5. The van der Waals surface area contributed by atoms with E-state index in [4.69, 9.17) is 4.74 Å². The molecule has 2 saturated heterocycles. The van der Waals surface area contributed by atoms with Gasteiger partial charge in [-0.25, -0.2) is 0 Å². The van der Waals surface area contributed by atoms with Crippen molar-refractivity contribution >= 4 is 11.8 Å². The first kappa shape index (κ1) is 18.3. The van der Waals surface area contributed by atoms with Crippen molar-refractivity contribution in [3.63, 3.8) is 0 Å². The Morgan fingerprint density at radius 2 is 1.59 bits per heavy atom. The van der Waals surface area contributed by atoms with Gasteiger partial charge in [-0.15, -0.1) is 0 Å². The summed E-state index contributed by atoms with van der Waals surface area (Å²) in [5.74, 6) is 1.96. The van der Waals surface area contributed by atoms with Crippen molar-refractivity contribution in [1.82, 2.24) is 9.80 Å². The quantitative estimate of drug-likeness (QED) is 0.799. The Bertz CT molecular complexity index is 663. The standard InChI is InChI=1S/C22H30N2O3/c25-21(23-12-1-2-13-23)19-8-10-20(11-9-19)27-16-17-5-4-14-24(15-17)22(26)18-6-3-7-18/h8-11,17-18H,1-7,12-16H2/t17-/m0/s1. The molecule has 4 rings (SSSR count). The zero-order valence-corrected chi connectivity index (χ0v) is 16.1. The second-order valence-electron chi connectivity index (χ2n) is 8.26. The molecular formula is C22H30N2O3. The molecule has 27 heavy (non-hydrogen) atoms. The van der Waals surface area contributed by atoms with Gasteiger partial charge < -0.3 is 14.5 Å². The molecule has 1 aromatic carbocycles. The van der Waals surface area contributed by atoms with Crippen molar-refractivity contribution < 1.29 is 14.3 Å². The second kappa shape index (κ2) is 8.32. The lowest BCUT2D eigenvalue weighted by Crippen LogP contribution is -2.45. The summed E-state index contributed by atoms with van der Waals surface area (Å²) in [4.78, 5) is 28.8. The summed E-state index contributed by atoms with van der Waals surface area (Å²) in [6, 6.07) is 7.51. The smallest absolute Gasteiger partial charge is 0.253 e. The van der Waals surface area contributed by atoms with E-state index in [9.17, 15) is 9.59 Å². The molecule has 3 aliphatic rings. The normalized spacial score (nSPS) is 23.2. The van der Waals surface area contributed by atoms with Crippen LogP contribution in [0, 0.1) is 11.8 Å². The van der Waals surface area contributed by atoms with Crippen molar-refractivity contribution in [1.29, 1.82) is 0 Å². The number of hydrogen-bond donors (Lipinski definition) is 0. The number of likely N-dealkylation sites (tertiary alicyclic amines) is 2. The highest BCUT2D eigenvalue weighted by Gasteiger charge is 2.32. The summed E-state index contributed by atoms with van der Waals surface area (Å²) in [5, 5.41) is 0. The van der Waals surface area contributed by atoms with E-state index in [0.29, 0.717) is 18.4 Å². The summed E-state index contributed by atoms with van der Waals surface area (Å²) in [5.41, 5.74) is 0.735. The number of hydrogen-bond acceptors (Lipinski definition) is 3. The third-order valence-electron chi connectivity index (χ3n) is 6.27. The van der Waals surface area contributed by atoms with Crippen LogP contribution in [0.3, 0.4) is 0 Å². The molecule has 2 aliphatic heterocycles. The lowest BCUT2D eigenvalue weighted by molar-refractivity contribution is -0.140. The molecule has 1 atom stereocenters. The van der Waals surface area contributed by atoms with Gasteiger partial charge in [0.1, 0.15) is 5.75 Å². The second-order valence-corrected chi connectivity index (χ2v) is 8.26. The van der Waals surface area contributed by atoms with E-state index in [2.05, 4.69) is 4.90 Å². The average Bonchev–Trinajstić information content (AvgIpc) is 3.20. The summed E-state index contributed by atoms with van der Waals surface area (Å²) < 4.78 is 5.97. The van der Waals surface area contributed by atoms with E-state index in [1.54, 1.807) is 0 Å². The van der Waals surface area contributed by atoms with Crippen LogP contribution in [0.2, 0.25) is 0 Å². The minimum atomic E-state index is 0.122. The van der Waals surface area contributed by atoms with E-state index < -0.39 is 0 Å². The highest BCUT2D eigenvalue weighted by molar-refractivity contribution is 5.94. The molecule has 1 aliphatic carbocycles. The van der Waals surface area contributed by atoms with Crippen LogP contribution in [0.25, 0.3) is 0 Å². The van der Waals surface area contributed by atoms with Gasteiger partial charge in [0.15, 0.2) is 0 Å². The number of amides is 2. The molecule has 146 valence electrons. The molecule has 5 nitrogen and oxygen atoms in total. The van der Waals surface area contributed by atoms with Crippen LogP contribution >= 0.6 is 0 Å². The number of piperidine rings is 1. The lowest BCUT2D eigenvalue weighted by atomic mass is 9.83. The maximum atomic E-state index is 12.5. The van der Waals surface area contributed by atoms with E-state index in [1.807, 2.05) is 29.2 Å². The molecule has 1 saturated carbocycles. The molecule has 2 amide bonds. The molecule has 0 spiro atoms. The average molecular weight is 370 g/mol. The topological polar surface area (TPSA) is 49.9 Å². The van der Waals surface area contributed by atoms with Crippen molar-refractivity contribution in [2.24, 2.45) is 11.8 Å². The number of nitrogens with zero attached hydrogens (tertiary/aromatic N) is 2. The van der Waals surface area contributed by atoms with Gasteiger partial charge in [0.2, 0.25) is 5.91 Å². The van der Waals surface area contributed by atoms with Gasteiger partial charge in [-0.3, -0.25) is 9.59 Å². The lowest BCUT2D eigenvalue weighted by Gasteiger charge is -2.37. The highest BCUT2D eigenvalue weighted by atomic mass is 16.5. The van der Waals surface area contributed by atoms with Crippen LogP contribution in [-0.2, 0) is 4.79 Å². The minimum absolute atomic E-state index is 0.122. The zero-order chi connectivity index (χ0) is 18.6. The maximum absolute atomic E-state index is 12.5. The van der Waals surface area contributed by atoms with Crippen molar-refractivity contribution in [3.05, 3.63) is 29.8 Å². The Morgan fingerprint density at radius 3 is 2.26 bits per heavy atom. The van der Waals surface area contributed by atoms with Crippen LogP contribution in [0.15, 0.2) is 24.3 Å². The Morgan fingerprint density at radius 1 is 0.889 bits per heavy atom. The molecule has 2 heterocycles. The van der Waals surface area contributed by atoms with Crippen LogP contribution in [-0.4, -0.2) is 54.4 Å². The molecule has 0 N–H and O–H groups in total. The monoisotopic (exact) mass is 370 g/mol. The first-order valence-electron chi connectivity index (χ1n) is 10.5. The predicted octanol–water partition coefficient (Wildman–Crippen LogP) is 3.34. The fourth-order valence-electron chi connectivity index (χ4n) is 4.33. The molecule has 0 unspecified atom stereocenters. The van der Waals surface area contributed by atoms with Gasteiger partial charge in [0, 0.05) is 43.6 Å². The summed E-state index contributed by atoms with van der Waals surface area (Å²) in [7, 11) is 0. The molecule has 5 heteroatoms. The SMILES string of the molecule is O=C(c1ccc(OC[C@H]2CCCN(C(=O)C3CCC3)C2)cc1)N1CCCC1. The fraction of sp³-hybridized carbons (Fsp3) is 0.636. The molecule has 3 fully saturated rings. The molecule has 1 aromatic rings. The Labute approximate surface area is 161 Å². The zero-order valence-electron chi connectivity index (χ0n) is 16.1. The van der Waals surface area contributed by atoms with E-state index >= 15 is 0 Å². The number of benzene rings is 1. The minimum Gasteiger partial charge on any atom is -0.493 e. The van der Waals surface area contributed by atoms with Crippen molar-refractivity contribution in [3.8, 4) is 5.75 Å². The number of ether oxygens (including phenoxy) is 1. The van der Waals surface area contributed by atoms with Crippen LogP contribution in [0.5, 0.6) is 5.75 Å². The van der Waals surface area contributed by atoms with Crippen molar-refractivity contribution in [2.75, 3.05) is 32.8 Å². The summed E-state index contributed by atoms with van der Waals surface area (Å²) >= 11 is 0. The molecule has 0 aromatic heterocycles. The van der Waals surface area contributed by atoms with Crippen LogP contribution in [0.1, 0.15) is 55.3 Å². The van der Waals surface area contributed by atoms with Gasteiger partial charge in [0.25, 0.3) is 5.91 Å². The molecule has 0 bridgehead atoms. The number of carbonyl (C=O) groups is 2. The van der Waals surface area contributed by atoms with E-state index in [1.165, 1.54) is 6.42 Å². The fourth-order valence-corrected chi connectivity index (χ4v) is 4.33. The van der Waals surface area contributed by atoms with E-state index in [-0.39, 0.29) is 11.8 Å². The largest absolute Gasteiger partial charge is 0.493 e. The Kier molecular flexibility index (Phi) is 5.65. The van der Waals surface area contributed by atoms with Gasteiger partial charge in [-0.2, -0.15) is 0 Å². The Hall–Kier alpha value is -2.04. The van der Waals surface area contributed by atoms with Crippen LogP contribution < -0.4 is 4.74 Å². The predicted molar refractivity (Wildman–Crippen MR) is 104 cm³/mol. The van der Waals surface area contributed by atoms with Gasteiger partial charge in [-0.05, 0) is 62.8 Å². The third kappa shape index (κ3) is 4.28. The highest BCUT2D eigenvalue weighted by Crippen LogP contribution is 2.30. The third-order valence-corrected chi connectivity index (χ3v) is 6.27. The van der Waals surface area contributed by atoms with E-state index in [0.717, 1.165) is 76.0 Å².